The molecule has 4 nitrogen and oxygen atoms in total. The van der Waals surface area contributed by atoms with Crippen LogP contribution < -0.4 is 5.32 Å². The van der Waals surface area contributed by atoms with E-state index in [1.807, 2.05) is 24.3 Å². The second kappa shape index (κ2) is 5.10. The van der Waals surface area contributed by atoms with Gasteiger partial charge >= 0.3 is 0 Å². The number of phenols is 1. The van der Waals surface area contributed by atoms with Crippen molar-refractivity contribution in [2.75, 3.05) is 5.32 Å². The summed E-state index contributed by atoms with van der Waals surface area (Å²) in [6, 6.07) is 13.0. The number of carbonyl (C=O) groups excluding carboxylic acids is 1. The normalized spacial score (nSPS) is 14.2. The van der Waals surface area contributed by atoms with E-state index in [0.29, 0.717) is 11.3 Å². The lowest BCUT2D eigenvalue weighted by Gasteiger charge is -2.07. The van der Waals surface area contributed by atoms with E-state index in [-0.39, 0.29) is 17.6 Å². The van der Waals surface area contributed by atoms with E-state index in [9.17, 15) is 9.90 Å². The van der Waals surface area contributed by atoms with Crippen molar-refractivity contribution >= 4 is 33.1 Å². The maximum Gasteiger partial charge on any atom is 0.227 e. The molecule has 0 atom stereocenters. The van der Waals surface area contributed by atoms with Gasteiger partial charge in [0.25, 0.3) is 0 Å². The number of aromatic nitrogens is 1. The summed E-state index contributed by atoms with van der Waals surface area (Å²) in [6.45, 7) is 0. The molecule has 5 heteroatoms. The summed E-state index contributed by atoms with van der Waals surface area (Å²) in [5.41, 5.74) is 2.26. The Morgan fingerprint density at radius 1 is 1.23 bits per heavy atom. The molecule has 1 fully saturated rings. The monoisotopic (exact) mass is 310 g/mol. The molecular formula is C17H14N2O2S. The van der Waals surface area contributed by atoms with Crippen LogP contribution in [0.5, 0.6) is 5.75 Å². The molecule has 1 saturated carbocycles. The molecule has 110 valence electrons. The van der Waals surface area contributed by atoms with Gasteiger partial charge in [0.1, 0.15) is 10.8 Å². The minimum Gasteiger partial charge on any atom is -0.507 e. The molecule has 2 N–H and O–H groups in total. The van der Waals surface area contributed by atoms with Gasteiger partial charge in [0.15, 0.2) is 0 Å². The Hall–Kier alpha value is -2.40. The van der Waals surface area contributed by atoms with E-state index < -0.39 is 0 Å². The zero-order chi connectivity index (χ0) is 15.1. The number of amides is 1. The van der Waals surface area contributed by atoms with Gasteiger partial charge in [-0.25, -0.2) is 4.98 Å². The van der Waals surface area contributed by atoms with E-state index in [1.165, 1.54) is 11.3 Å². The molecule has 0 bridgehead atoms. The Morgan fingerprint density at radius 2 is 2.05 bits per heavy atom. The molecule has 2 aromatic carbocycles. The summed E-state index contributed by atoms with van der Waals surface area (Å²) in [7, 11) is 0. The lowest BCUT2D eigenvalue weighted by atomic mass is 10.2. The van der Waals surface area contributed by atoms with Crippen LogP contribution in [0, 0.1) is 5.92 Å². The molecule has 0 saturated heterocycles. The first kappa shape index (κ1) is 13.3. The van der Waals surface area contributed by atoms with Crippen LogP contribution in [0.25, 0.3) is 20.8 Å². The minimum atomic E-state index is 0.0564. The van der Waals surface area contributed by atoms with Crippen molar-refractivity contribution in [1.29, 1.82) is 0 Å². The van der Waals surface area contributed by atoms with Crippen molar-refractivity contribution in [3.8, 4) is 16.3 Å². The van der Waals surface area contributed by atoms with E-state index in [4.69, 9.17) is 0 Å². The second-order valence-corrected chi connectivity index (χ2v) is 6.51. The van der Waals surface area contributed by atoms with Crippen molar-refractivity contribution in [3.05, 3.63) is 42.5 Å². The first-order valence-corrected chi connectivity index (χ1v) is 8.02. The summed E-state index contributed by atoms with van der Waals surface area (Å²) in [4.78, 5) is 16.4. The van der Waals surface area contributed by atoms with Gasteiger partial charge in [0.05, 0.1) is 15.8 Å². The molecule has 22 heavy (non-hydrogen) atoms. The molecule has 0 radical (unpaired) electrons. The number of rotatable bonds is 3. The Balaban J connectivity index is 1.71. The fourth-order valence-electron chi connectivity index (χ4n) is 2.36. The van der Waals surface area contributed by atoms with Gasteiger partial charge in [0.2, 0.25) is 5.91 Å². The molecule has 3 aromatic rings. The van der Waals surface area contributed by atoms with Crippen LogP contribution in [0.4, 0.5) is 5.69 Å². The van der Waals surface area contributed by atoms with Gasteiger partial charge in [-0.05, 0) is 43.2 Å². The standard InChI is InChI=1S/C17H14N2O2S/c20-14-8-7-11(18-16(21)10-5-6-10)9-12(14)17-19-13-3-1-2-4-15(13)22-17/h1-4,7-10,20H,5-6H2,(H,18,21). The van der Waals surface area contributed by atoms with Gasteiger partial charge in [-0.3, -0.25) is 4.79 Å². The van der Waals surface area contributed by atoms with Crippen LogP contribution in [-0.2, 0) is 4.79 Å². The van der Waals surface area contributed by atoms with Gasteiger partial charge in [-0.1, -0.05) is 12.1 Å². The van der Waals surface area contributed by atoms with Crippen LogP contribution in [-0.4, -0.2) is 16.0 Å². The Kier molecular flexibility index (Phi) is 3.08. The number of benzene rings is 2. The zero-order valence-electron chi connectivity index (χ0n) is 11.7. The lowest BCUT2D eigenvalue weighted by molar-refractivity contribution is -0.117. The van der Waals surface area contributed by atoms with Crippen LogP contribution in [0.2, 0.25) is 0 Å². The van der Waals surface area contributed by atoms with Crippen molar-refractivity contribution in [1.82, 2.24) is 4.98 Å². The summed E-state index contributed by atoms with van der Waals surface area (Å²) in [5, 5.41) is 13.8. The van der Waals surface area contributed by atoms with Gasteiger partial charge in [-0.2, -0.15) is 0 Å². The number of hydrogen-bond acceptors (Lipinski definition) is 4. The van der Waals surface area contributed by atoms with Crippen LogP contribution in [0.15, 0.2) is 42.5 Å². The summed E-state index contributed by atoms with van der Waals surface area (Å²) < 4.78 is 1.07. The number of nitrogens with one attached hydrogen (secondary N) is 1. The number of phenolic OH excluding ortho intramolecular Hbond substituents is 1. The fraction of sp³-hybridized carbons (Fsp3) is 0.176. The Morgan fingerprint density at radius 3 is 2.82 bits per heavy atom. The topological polar surface area (TPSA) is 62.2 Å². The predicted molar refractivity (Wildman–Crippen MR) is 88.1 cm³/mol. The first-order valence-electron chi connectivity index (χ1n) is 7.20. The first-order chi connectivity index (χ1) is 10.7. The number of aromatic hydroxyl groups is 1. The Bertz CT molecular complexity index is 835. The average Bonchev–Trinajstić information content (AvgIpc) is 3.28. The number of fused-ring (bicyclic) bond motifs is 1. The molecule has 1 aliphatic rings. The van der Waals surface area contributed by atoms with Crippen LogP contribution >= 0.6 is 11.3 Å². The highest BCUT2D eigenvalue weighted by Crippen LogP contribution is 2.37. The third-order valence-electron chi connectivity index (χ3n) is 3.74. The SMILES string of the molecule is O=C(Nc1ccc(O)c(-c2nc3ccccc3s2)c1)C1CC1. The van der Waals surface area contributed by atoms with Gasteiger partial charge in [0, 0.05) is 11.6 Å². The maximum atomic E-state index is 11.9. The molecule has 0 aliphatic heterocycles. The molecule has 4 rings (SSSR count). The van der Waals surface area contributed by atoms with Crippen LogP contribution in [0.1, 0.15) is 12.8 Å². The second-order valence-electron chi connectivity index (χ2n) is 5.48. The number of thiazole rings is 1. The summed E-state index contributed by atoms with van der Waals surface area (Å²) in [6.07, 6.45) is 1.93. The molecular weight excluding hydrogens is 296 g/mol. The van der Waals surface area contributed by atoms with E-state index in [2.05, 4.69) is 10.3 Å². The summed E-state index contributed by atoms with van der Waals surface area (Å²) in [5.74, 6) is 0.379. The van der Waals surface area contributed by atoms with Gasteiger partial charge in [-0.15, -0.1) is 11.3 Å². The molecule has 0 spiro atoms. The fourth-order valence-corrected chi connectivity index (χ4v) is 3.35. The van der Waals surface area contributed by atoms with Crippen molar-refractivity contribution < 1.29 is 9.90 Å². The van der Waals surface area contributed by atoms with Crippen molar-refractivity contribution in [3.63, 3.8) is 0 Å². The number of hydrogen-bond donors (Lipinski definition) is 2. The third kappa shape index (κ3) is 2.44. The quantitative estimate of drug-likeness (QED) is 0.718. The van der Waals surface area contributed by atoms with Crippen molar-refractivity contribution in [2.24, 2.45) is 5.92 Å². The highest BCUT2D eigenvalue weighted by molar-refractivity contribution is 7.21. The minimum absolute atomic E-state index is 0.0564. The van der Waals surface area contributed by atoms with Crippen molar-refractivity contribution in [2.45, 2.75) is 12.8 Å². The zero-order valence-corrected chi connectivity index (χ0v) is 12.6. The summed E-state index contributed by atoms with van der Waals surface area (Å²) >= 11 is 1.53. The highest BCUT2D eigenvalue weighted by atomic mass is 32.1. The highest BCUT2D eigenvalue weighted by Gasteiger charge is 2.29. The smallest absolute Gasteiger partial charge is 0.227 e. The number of carbonyl (C=O) groups is 1. The lowest BCUT2D eigenvalue weighted by Crippen LogP contribution is -2.13. The molecule has 1 heterocycles. The average molecular weight is 310 g/mol. The number of anilines is 1. The largest absolute Gasteiger partial charge is 0.507 e. The molecule has 1 amide bonds. The molecule has 0 unspecified atom stereocenters. The van der Waals surface area contributed by atoms with Gasteiger partial charge < -0.3 is 10.4 Å². The predicted octanol–water partition coefficient (Wildman–Crippen LogP) is 4.02. The molecule has 1 aromatic heterocycles. The Labute approximate surface area is 131 Å². The van der Waals surface area contributed by atoms with E-state index in [0.717, 1.165) is 28.1 Å². The molecule has 1 aliphatic carbocycles. The maximum absolute atomic E-state index is 11.9. The van der Waals surface area contributed by atoms with E-state index >= 15 is 0 Å². The van der Waals surface area contributed by atoms with E-state index in [1.54, 1.807) is 18.2 Å². The number of nitrogens with zero attached hydrogens (tertiary/aromatic N) is 1. The number of para-hydroxylation sites is 1. The third-order valence-corrected chi connectivity index (χ3v) is 4.81. The van der Waals surface area contributed by atoms with Crippen LogP contribution in [0.3, 0.4) is 0 Å².